The van der Waals surface area contributed by atoms with E-state index in [-0.39, 0.29) is 18.2 Å². The Morgan fingerprint density at radius 2 is 1.73 bits per heavy atom. The topological polar surface area (TPSA) is 38.5 Å². The van der Waals surface area contributed by atoms with Gasteiger partial charge in [-0.2, -0.15) is 0 Å². The van der Waals surface area contributed by atoms with Crippen LogP contribution in [0.3, 0.4) is 0 Å². The molecule has 0 spiro atoms. The summed E-state index contributed by atoms with van der Waals surface area (Å²) in [5, 5.41) is 4.99. The number of ether oxygens (including phenoxy) is 1. The highest BCUT2D eigenvalue weighted by Crippen LogP contribution is 2.52. The van der Waals surface area contributed by atoms with Gasteiger partial charge in [-0.25, -0.2) is 0 Å². The molecule has 9 rings (SSSR count). The minimum atomic E-state index is -0.0518. The molecule has 3 aliphatic carbocycles. The highest BCUT2D eigenvalue weighted by molar-refractivity contribution is 6.05. The Labute approximate surface area is 257 Å². The highest BCUT2D eigenvalue weighted by Gasteiger charge is 2.45. The van der Waals surface area contributed by atoms with Crippen molar-refractivity contribution in [2.24, 2.45) is 16.8 Å². The smallest absolute Gasteiger partial charge is 0.129 e. The fourth-order valence-corrected chi connectivity index (χ4v) is 7.57. The summed E-state index contributed by atoms with van der Waals surface area (Å²) < 4.78 is 9.17. The first kappa shape index (κ1) is 25.6. The second-order valence-electron chi connectivity index (χ2n) is 12.2. The van der Waals surface area contributed by atoms with Crippen LogP contribution in [-0.2, 0) is 4.74 Å². The SMILES string of the molecule is C1=CCCC(C2=NC(c3ccccc3)C=C(c3cccc(-n4c5c(c6ccccc64)C4OC6C=CC=CC6C4C=C5)c3)N2)=C1. The summed E-state index contributed by atoms with van der Waals surface area (Å²) in [5.74, 6) is 1.69. The van der Waals surface area contributed by atoms with E-state index in [0.29, 0.717) is 11.8 Å². The highest BCUT2D eigenvalue weighted by atomic mass is 16.5. The maximum Gasteiger partial charge on any atom is 0.129 e. The first-order valence-electron chi connectivity index (χ1n) is 15.7. The minimum absolute atomic E-state index is 0.0395. The standard InChI is InChI=1S/C40H33N3O/c1-3-12-26(13-4-1)33-25-34(42-40(41-33)27-14-5-2-6-15-27)28-16-11-17-29(24-28)43-35-20-9-7-19-32(35)38-36(43)23-22-31-30-18-8-10-21-37(30)44-39(31)38/h1-5,7-14,16-25,30-31,33,37,39H,6,15H2,(H,41,42). The van der Waals surface area contributed by atoms with Crippen molar-refractivity contribution in [2.45, 2.75) is 31.1 Å². The molecule has 4 heteroatoms. The van der Waals surface area contributed by atoms with E-state index < -0.39 is 0 Å². The average Bonchev–Trinajstić information content (AvgIpc) is 3.65. The van der Waals surface area contributed by atoms with Gasteiger partial charge in [-0.3, -0.25) is 4.99 Å². The molecule has 1 aromatic heterocycles. The largest absolute Gasteiger partial charge is 0.365 e. The Hall–Kier alpha value is -4.93. The molecule has 0 amide bonds. The number of fused-ring (bicyclic) bond motifs is 7. The molecule has 2 aliphatic heterocycles. The summed E-state index contributed by atoms with van der Waals surface area (Å²) >= 11 is 0. The molecule has 1 N–H and O–H groups in total. The molecular formula is C40H33N3O. The number of para-hydroxylation sites is 1. The van der Waals surface area contributed by atoms with Gasteiger partial charge in [0.1, 0.15) is 5.84 Å². The van der Waals surface area contributed by atoms with Crippen LogP contribution >= 0.6 is 0 Å². The van der Waals surface area contributed by atoms with Crippen molar-refractivity contribution in [3.05, 3.63) is 162 Å². The van der Waals surface area contributed by atoms with E-state index in [2.05, 4.69) is 150 Å². The summed E-state index contributed by atoms with van der Waals surface area (Å²) in [7, 11) is 0. The second kappa shape index (κ2) is 10.4. The molecule has 0 radical (unpaired) electrons. The van der Waals surface area contributed by atoms with Gasteiger partial charge >= 0.3 is 0 Å². The lowest BCUT2D eigenvalue weighted by atomic mass is 9.79. The quantitative estimate of drug-likeness (QED) is 0.266. The number of nitrogens with one attached hydrogen (secondary N) is 1. The lowest BCUT2D eigenvalue weighted by molar-refractivity contribution is 0.0594. The molecule has 4 nitrogen and oxygen atoms in total. The maximum atomic E-state index is 6.75. The monoisotopic (exact) mass is 571 g/mol. The number of rotatable bonds is 4. The number of aromatic nitrogens is 1. The lowest BCUT2D eigenvalue weighted by Crippen LogP contribution is -2.28. The number of nitrogens with zero attached hydrogens (tertiary/aromatic N) is 2. The van der Waals surface area contributed by atoms with E-state index in [1.165, 1.54) is 33.3 Å². The normalized spacial score (nSPS) is 26.4. The van der Waals surface area contributed by atoms with Gasteiger partial charge in [-0.1, -0.05) is 109 Å². The number of amidine groups is 1. The van der Waals surface area contributed by atoms with Gasteiger partial charge in [0, 0.05) is 34.2 Å². The van der Waals surface area contributed by atoms with Crippen molar-refractivity contribution in [1.82, 2.24) is 9.88 Å². The van der Waals surface area contributed by atoms with E-state index in [9.17, 15) is 0 Å². The van der Waals surface area contributed by atoms with Crippen LogP contribution in [0.1, 0.15) is 47.4 Å². The molecule has 5 aliphatic rings. The zero-order valence-corrected chi connectivity index (χ0v) is 24.4. The predicted molar refractivity (Wildman–Crippen MR) is 179 cm³/mol. The number of hydrogen-bond donors (Lipinski definition) is 1. The molecule has 0 saturated carbocycles. The molecule has 4 aromatic rings. The fourth-order valence-electron chi connectivity index (χ4n) is 7.57. The third kappa shape index (κ3) is 4.13. The summed E-state index contributed by atoms with van der Waals surface area (Å²) in [6.07, 6.45) is 24.5. The van der Waals surface area contributed by atoms with E-state index in [0.717, 1.165) is 35.6 Å². The van der Waals surface area contributed by atoms with Crippen LogP contribution in [0, 0.1) is 11.8 Å². The number of aliphatic imine (C=N–C) groups is 1. The van der Waals surface area contributed by atoms with Crippen molar-refractivity contribution in [3.63, 3.8) is 0 Å². The molecule has 0 bridgehead atoms. The van der Waals surface area contributed by atoms with Gasteiger partial charge in [0.2, 0.25) is 0 Å². The molecule has 1 saturated heterocycles. The first-order valence-corrected chi connectivity index (χ1v) is 15.7. The summed E-state index contributed by atoms with van der Waals surface area (Å²) in [4.78, 5) is 5.17. The molecular weight excluding hydrogens is 538 g/mol. The van der Waals surface area contributed by atoms with E-state index >= 15 is 0 Å². The second-order valence-corrected chi connectivity index (χ2v) is 12.2. The summed E-state index contributed by atoms with van der Waals surface area (Å²) in [6, 6.07) is 28.2. The molecule has 3 heterocycles. The Kier molecular flexibility index (Phi) is 6.02. The van der Waals surface area contributed by atoms with Crippen LogP contribution < -0.4 is 5.32 Å². The van der Waals surface area contributed by atoms with Crippen molar-refractivity contribution < 1.29 is 4.74 Å². The summed E-state index contributed by atoms with van der Waals surface area (Å²) in [6.45, 7) is 0. The first-order chi connectivity index (χ1) is 21.8. The molecule has 44 heavy (non-hydrogen) atoms. The lowest BCUT2D eigenvalue weighted by Gasteiger charge is -2.25. The van der Waals surface area contributed by atoms with Crippen molar-refractivity contribution >= 4 is 28.5 Å². The molecule has 5 atom stereocenters. The van der Waals surface area contributed by atoms with Gasteiger partial charge in [0.25, 0.3) is 0 Å². The minimum Gasteiger partial charge on any atom is -0.365 e. The Balaban J connectivity index is 1.15. The van der Waals surface area contributed by atoms with Crippen molar-refractivity contribution in [3.8, 4) is 5.69 Å². The third-order valence-corrected chi connectivity index (χ3v) is 9.66. The van der Waals surface area contributed by atoms with Crippen LogP contribution in [-0.4, -0.2) is 16.5 Å². The predicted octanol–water partition coefficient (Wildman–Crippen LogP) is 8.82. The zero-order valence-electron chi connectivity index (χ0n) is 24.4. The van der Waals surface area contributed by atoms with E-state index in [4.69, 9.17) is 9.73 Å². The number of hydrogen-bond acceptors (Lipinski definition) is 3. The van der Waals surface area contributed by atoms with Crippen LogP contribution in [0.15, 0.2) is 144 Å². The molecule has 3 aromatic carbocycles. The van der Waals surface area contributed by atoms with Crippen LogP contribution in [0.5, 0.6) is 0 Å². The van der Waals surface area contributed by atoms with Gasteiger partial charge in [-0.15, -0.1) is 0 Å². The third-order valence-electron chi connectivity index (χ3n) is 9.66. The van der Waals surface area contributed by atoms with Gasteiger partial charge in [-0.05, 0) is 59.9 Å². The Bertz CT molecular complexity index is 2000. The van der Waals surface area contributed by atoms with E-state index in [1.807, 2.05) is 0 Å². The fraction of sp³-hybridized carbons (Fsp3) is 0.175. The van der Waals surface area contributed by atoms with Crippen molar-refractivity contribution in [1.29, 1.82) is 0 Å². The van der Waals surface area contributed by atoms with E-state index in [1.54, 1.807) is 0 Å². The van der Waals surface area contributed by atoms with Crippen LogP contribution in [0.25, 0.3) is 28.4 Å². The van der Waals surface area contributed by atoms with Gasteiger partial charge in [0.05, 0.1) is 29.5 Å². The van der Waals surface area contributed by atoms with Gasteiger partial charge in [0.15, 0.2) is 0 Å². The maximum absolute atomic E-state index is 6.75. The van der Waals surface area contributed by atoms with Crippen LogP contribution in [0.2, 0.25) is 0 Å². The van der Waals surface area contributed by atoms with Crippen LogP contribution in [0.4, 0.5) is 0 Å². The summed E-state index contributed by atoms with van der Waals surface area (Å²) in [5.41, 5.74) is 9.54. The molecule has 1 fully saturated rings. The molecule has 214 valence electrons. The Morgan fingerprint density at radius 3 is 2.64 bits per heavy atom. The number of allylic oxidation sites excluding steroid dienone is 5. The number of benzene rings is 3. The zero-order chi connectivity index (χ0) is 29.0. The van der Waals surface area contributed by atoms with Gasteiger partial charge < -0.3 is 14.6 Å². The Morgan fingerprint density at radius 1 is 0.841 bits per heavy atom. The van der Waals surface area contributed by atoms with Crippen molar-refractivity contribution in [2.75, 3.05) is 0 Å². The molecule has 5 unspecified atom stereocenters. The average molecular weight is 572 g/mol.